The number of nitrogens with zero attached hydrogens (tertiary/aromatic N) is 1. The molecule has 0 aliphatic carbocycles. The summed E-state index contributed by atoms with van der Waals surface area (Å²) in [5.74, 6) is -0.584. The molecule has 1 aliphatic rings. The molecule has 31 heavy (non-hydrogen) atoms. The Morgan fingerprint density at radius 1 is 0.968 bits per heavy atom. The molecule has 158 valence electrons. The van der Waals surface area contributed by atoms with Gasteiger partial charge in [-0.25, -0.2) is 0 Å². The zero-order chi connectivity index (χ0) is 21.8. The van der Waals surface area contributed by atoms with Crippen molar-refractivity contribution in [2.75, 3.05) is 0 Å². The second-order valence-electron chi connectivity index (χ2n) is 7.15. The fourth-order valence-electron chi connectivity index (χ4n) is 3.71. The van der Waals surface area contributed by atoms with Crippen LogP contribution < -0.4 is 10.1 Å². The summed E-state index contributed by atoms with van der Waals surface area (Å²) in [5, 5.41) is 2.90. The van der Waals surface area contributed by atoms with E-state index >= 15 is 0 Å². The summed E-state index contributed by atoms with van der Waals surface area (Å²) in [7, 11) is 0. The maximum atomic E-state index is 13.1. The van der Waals surface area contributed by atoms with Crippen LogP contribution in [0, 0.1) is 0 Å². The van der Waals surface area contributed by atoms with Crippen molar-refractivity contribution < 1.29 is 23.1 Å². The van der Waals surface area contributed by atoms with Gasteiger partial charge in [0.15, 0.2) is 0 Å². The van der Waals surface area contributed by atoms with Crippen LogP contribution >= 0.6 is 0 Å². The summed E-state index contributed by atoms with van der Waals surface area (Å²) in [6.45, 7) is -2.53. The molecule has 3 aromatic rings. The van der Waals surface area contributed by atoms with Gasteiger partial charge in [-0.15, -0.1) is 0 Å². The van der Waals surface area contributed by atoms with Gasteiger partial charge in [-0.2, -0.15) is 8.78 Å². The molecule has 4 rings (SSSR count). The Balaban J connectivity index is 1.58. The highest BCUT2D eigenvalue weighted by Crippen LogP contribution is 2.35. The van der Waals surface area contributed by atoms with Crippen LogP contribution in [0.5, 0.6) is 5.75 Å². The van der Waals surface area contributed by atoms with Gasteiger partial charge >= 0.3 is 6.61 Å². The molecule has 1 N–H and O–H groups in total. The minimum Gasteiger partial charge on any atom is -0.435 e. The molecule has 0 saturated heterocycles. The first-order valence-corrected chi connectivity index (χ1v) is 9.78. The second kappa shape index (κ2) is 8.95. The number of carbonyl (C=O) groups is 2. The van der Waals surface area contributed by atoms with E-state index in [9.17, 15) is 18.4 Å². The molecule has 2 amide bonds. The zero-order valence-corrected chi connectivity index (χ0v) is 16.5. The molecule has 1 heterocycles. The number of carbonyl (C=O) groups excluding carboxylic acids is 2. The summed E-state index contributed by atoms with van der Waals surface area (Å²) in [4.78, 5) is 27.6. The lowest BCUT2D eigenvalue weighted by atomic mass is 10.0. The smallest absolute Gasteiger partial charge is 0.387 e. The van der Waals surface area contributed by atoms with Crippen LogP contribution in [0.2, 0.25) is 0 Å². The molecule has 0 bridgehead atoms. The molecular formula is C24H20F2N2O3. The maximum absolute atomic E-state index is 13.1. The lowest BCUT2D eigenvalue weighted by Gasteiger charge is -2.25. The van der Waals surface area contributed by atoms with Gasteiger partial charge in [0.05, 0.1) is 0 Å². The zero-order valence-electron chi connectivity index (χ0n) is 16.5. The molecule has 0 aromatic heterocycles. The number of halogens is 2. The summed E-state index contributed by atoms with van der Waals surface area (Å²) in [6.07, 6.45) is 0. The third-order valence-electron chi connectivity index (χ3n) is 5.09. The number of benzene rings is 3. The van der Waals surface area contributed by atoms with Crippen molar-refractivity contribution in [1.29, 1.82) is 0 Å². The number of nitrogens with one attached hydrogen (secondary N) is 1. The van der Waals surface area contributed by atoms with Gasteiger partial charge in [-0.3, -0.25) is 9.59 Å². The van der Waals surface area contributed by atoms with Gasteiger partial charge in [0, 0.05) is 18.7 Å². The SMILES string of the molecule is O=C(NCc1ccccc1)C1c2ccccc2C(=O)N1Cc1cccc(OC(F)F)c1. The highest BCUT2D eigenvalue weighted by atomic mass is 19.3. The first-order chi connectivity index (χ1) is 15.0. The van der Waals surface area contributed by atoms with Crippen LogP contribution in [0.4, 0.5) is 8.78 Å². The number of alkyl halides is 2. The van der Waals surface area contributed by atoms with Crippen molar-refractivity contribution in [2.45, 2.75) is 25.7 Å². The first-order valence-electron chi connectivity index (χ1n) is 9.78. The Morgan fingerprint density at radius 2 is 1.68 bits per heavy atom. The van der Waals surface area contributed by atoms with Gasteiger partial charge in [-0.05, 0) is 34.9 Å². The number of hydrogen-bond donors (Lipinski definition) is 1. The summed E-state index contributed by atoms with van der Waals surface area (Å²) in [5.41, 5.74) is 2.61. The first kappa shape index (κ1) is 20.5. The third kappa shape index (κ3) is 4.55. The Labute approximate surface area is 178 Å². The molecule has 3 aromatic carbocycles. The van der Waals surface area contributed by atoms with E-state index in [0.717, 1.165) is 5.56 Å². The monoisotopic (exact) mass is 422 g/mol. The third-order valence-corrected chi connectivity index (χ3v) is 5.09. The van der Waals surface area contributed by atoms with Gasteiger partial charge < -0.3 is 15.0 Å². The number of ether oxygens (including phenoxy) is 1. The van der Waals surface area contributed by atoms with Gasteiger partial charge in [0.2, 0.25) is 5.91 Å². The summed E-state index contributed by atoms with van der Waals surface area (Å²) in [6, 6.07) is 21.8. The lowest BCUT2D eigenvalue weighted by molar-refractivity contribution is -0.125. The summed E-state index contributed by atoms with van der Waals surface area (Å²) < 4.78 is 29.6. The van der Waals surface area contributed by atoms with Crippen molar-refractivity contribution in [3.63, 3.8) is 0 Å². The van der Waals surface area contributed by atoms with Gasteiger partial charge in [-0.1, -0.05) is 60.7 Å². The van der Waals surface area contributed by atoms with E-state index in [4.69, 9.17) is 0 Å². The van der Waals surface area contributed by atoms with Crippen molar-refractivity contribution >= 4 is 11.8 Å². The molecule has 7 heteroatoms. The predicted octanol–water partition coefficient (Wildman–Crippen LogP) is 4.30. The fraction of sp³-hybridized carbons (Fsp3) is 0.167. The minimum atomic E-state index is -2.94. The van der Waals surface area contributed by atoms with Gasteiger partial charge in [0.1, 0.15) is 11.8 Å². The van der Waals surface area contributed by atoms with E-state index in [-0.39, 0.29) is 24.1 Å². The minimum absolute atomic E-state index is 0.00161. The topological polar surface area (TPSA) is 58.6 Å². The van der Waals surface area contributed by atoms with Crippen LogP contribution in [-0.2, 0) is 17.9 Å². The molecular weight excluding hydrogens is 402 g/mol. The largest absolute Gasteiger partial charge is 0.435 e. The van der Waals surface area contributed by atoms with E-state index in [2.05, 4.69) is 10.1 Å². The van der Waals surface area contributed by atoms with Crippen molar-refractivity contribution in [3.8, 4) is 5.75 Å². The van der Waals surface area contributed by atoms with E-state index in [1.54, 1.807) is 36.4 Å². The predicted molar refractivity (Wildman–Crippen MR) is 110 cm³/mol. The highest BCUT2D eigenvalue weighted by Gasteiger charge is 2.40. The van der Waals surface area contributed by atoms with Crippen molar-refractivity contribution in [3.05, 3.63) is 101 Å². The van der Waals surface area contributed by atoms with Gasteiger partial charge in [0.25, 0.3) is 5.91 Å². The molecule has 0 spiro atoms. The van der Waals surface area contributed by atoms with E-state index in [1.165, 1.54) is 17.0 Å². The fourth-order valence-corrected chi connectivity index (χ4v) is 3.71. The van der Waals surface area contributed by atoms with E-state index in [0.29, 0.717) is 23.2 Å². The molecule has 1 unspecified atom stereocenters. The standard InChI is InChI=1S/C24H20F2N2O3/c25-24(26)31-18-10-6-9-17(13-18)15-28-21(19-11-4-5-12-20(19)23(28)30)22(29)27-14-16-7-2-1-3-8-16/h1-13,21,24H,14-15H2,(H,27,29). The molecule has 1 aliphatic heterocycles. The molecule has 0 radical (unpaired) electrons. The molecule has 0 saturated carbocycles. The second-order valence-corrected chi connectivity index (χ2v) is 7.15. The Hall–Kier alpha value is -3.74. The average molecular weight is 422 g/mol. The Kier molecular flexibility index (Phi) is 5.93. The average Bonchev–Trinajstić information content (AvgIpc) is 3.04. The Morgan fingerprint density at radius 3 is 2.45 bits per heavy atom. The van der Waals surface area contributed by atoms with E-state index in [1.807, 2.05) is 30.3 Å². The van der Waals surface area contributed by atoms with Crippen LogP contribution in [0.25, 0.3) is 0 Å². The Bertz CT molecular complexity index is 1090. The quantitative estimate of drug-likeness (QED) is 0.618. The number of fused-ring (bicyclic) bond motifs is 1. The van der Waals surface area contributed by atoms with Crippen LogP contribution in [0.3, 0.4) is 0 Å². The van der Waals surface area contributed by atoms with Crippen molar-refractivity contribution in [2.24, 2.45) is 0 Å². The lowest BCUT2D eigenvalue weighted by Crippen LogP contribution is -2.38. The number of amides is 2. The molecule has 0 fully saturated rings. The van der Waals surface area contributed by atoms with E-state index < -0.39 is 12.7 Å². The number of rotatable bonds is 7. The van der Waals surface area contributed by atoms with Crippen LogP contribution in [0.15, 0.2) is 78.9 Å². The molecule has 5 nitrogen and oxygen atoms in total. The highest BCUT2D eigenvalue weighted by molar-refractivity contribution is 6.04. The molecule has 1 atom stereocenters. The van der Waals surface area contributed by atoms with Crippen molar-refractivity contribution in [1.82, 2.24) is 10.2 Å². The summed E-state index contributed by atoms with van der Waals surface area (Å²) >= 11 is 0. The maximum Gasteiger partial charge on any atom is 0.387 e. The van der Waals surface area contributed by atoms with Crippen LogP contribution in [0.1, 0.15) is 33.1 Å². The normalized spacial score (nSPS) is 15.1. The van der Waals surface area contributed by atoms with Crippen LogP contribution in [-0.4, -0.2) is 23.3 Å². The number of hydrogen-bond acceptors (Lipinski definition) is 3.